The fraction of sp³-hybridized carbons (Fsp3) is 0.538. The van der Waals surface area contributed by atoms with E-state index in [1.165, 1.54) is 6.92 Å². The van der Waals surface area contributed by atoms with Crippen LogP contribution in [-0.4, -0.2) is 59.4 Å². The number of Topliss-reactive ketones (excluding diaryl/α,β-unsaturated/α-hetero) is 2. The molecule has 6 heteroatoms. The Hall–Kier alpha value is -1.82. The monoisotopic (exact) mass is 262 g/mol. The Bertz CT molecular complexity index is 464. The van der Waals surface area contributed by atoms with Gasteiger partial charge in [0.1, 0.15) is 11.5 Å². The summed E-state index contributed by atoms with van der Waals surface area (Å²) in [5.41, 5.74) is 0.388. The molecule has 0 unspecified atom stereocenters. The summed E-state index contributed by atoms with van der Waals surface area (Å²) in [7, 11) is 0. The van der Waals surface area contributed by atoms with Crippen molar-refractivity contribution in [3.8, 4) is 0 Å². The van der Waals surface area contributed by atoms with Gasteiger partial charge in [0, 0.05) is 33.1 Å². The highest BCUT2D eigenvalue weighted by molar-refractivity contribution is 5.91. The zero-order valence-electron chi connectivity index (χ0n) is 11.3. The van der Waals surface area contributed by atoms with Gasteiger partial charge in [-0.15, -0.1) is 10.2 Å². The van der Waals surface area contributed by atoms with Crippen molar-refractivity contribution in [3.05, 3.63) is 17.8 Å². The van der Waals surface area contributed by atoms with Gasteiger partial charge in [0.15, 0.2) is 11.6 Å². The molecule has 1 saturated heterocycles. The average molecular weight is 262 g/mol. The topological polar surface area (TPSA) is 66.4 Å². The van der Waals surface area contributed by atoms with Crippen LogP contribution >= 0.6 is 0 Å². The molecule has 1 aromatic rings. The van der Waals surface area contributed by atoms with Gasteiger partial charge in [-0.1, -0.05) is 0 Å². The SMILES string of the molecule is CC(=O)CN1CCN(c2ccc(C(C)=O)nn2)CC1. The largest absolute Gasteiger partial charge is 0.353 e. The van der Waals surface area contributed by atoms with Crippen molar-refractivity contribution >= 4 is 17.4 Å². The van der Waals surface area contributed by atoms with E-state index in [-0.39, 0.29) is 11.6 Å². The van der Waals surface area contributed by atoms with E-state index in [1.807, 2.05) is 6.07 Å². The molecule has 0 atom stereocenters. The van der Waals surface area contributed by atoms with E-state index in [1.54, 1.807) is 13.0 Å². The number of hydrogen-bond donors (Lipinski definition) is 0. The smallest absolute Gasteiger partial charge is 0.180 e. The van der Waals surface area contributed by atoms with Crippen LogP contribution in [0.25, 0.3) is 0 Å². The molecule has 1 fully saturated rings. The quantitative estimate of drug-likeness (QED) is 0.731. The van der Waals surface area contributed by atoms with Crippen LogP contribution in [0, 0.1) is 0 Å². The normalized spacial score (nSPS) is 16.4. The molecule has 1 aliphatic heterocycles. The summed E-state index contributed by atoms with van der Waals surface area (Å²) >= 11 is 0. The van der Waals surface area contributed by atoms with E-state index in [0.717, 1.165) is 32.0 Å². The molecular weight excluding hydrogens is 244 g/mol. The van der Waals surface area contributed by atoms with Crippen LogP contribution in [0.2, 0.25) is 0 Å². The number of carbonyl (C=O) groups excluding carboxylic acids is 2. The van der Waals surface area contributed by atoms with Gasteiger partial charge in [-0.3, -0.25) is 14.5 Å². The van der Waals surface area contributed by atoms with Crippen LogP contribution < -0.4 is 4.90 Å². The first-order valence-electron chi connectivity index (χ1n) is 6.37. The van der Waals surface area contributed by atoms with Gasteiger partial charge in [0.25, 0.3) is 0 Å². The molecule has 0 amide bonds. The van der Waals surface area contributed by atoms with Gasteiger partial charge < -0.3 is 4.90 Å². The van der Waals surface area contributed by atoms with Crippen molar-refractivity contribution in [1.82, 2.24) is 15.1 Å². The first kappa shape index (κ1) is 13.6. The molecule has 0 saturated carbocycles. The second-order valence-corrected chi connectivity index (χ2v) is 4.80. The maximum Gasteiger partial charge on any atom is 0.180 e. The van der Waals surface area contributed by atoms with E-state index in [9.17, 15) is 9.59 Å². The van der Waals surface area contributed by atoms with Gasteiger partial charge in [-0.25, -0.2) is 0 Å². The first-order valence-corrected chi connectivity index (χ1v) is 6.37. The molecule has 0 aliphatic carbocycles. The molecule has 2 heterocycles. The molecule has 0 bridgehead atoms. The summed E-state index contributed by atoms with van der Waals surface area (Å²) in [6, 6.07) is 3.52. The maximum absolute atomic E-state index is 11.1. The maximum atomic E-state index is 11.1. The zero-order valence-corrected chi connectivity index (χ0v) is 11.3. The lowest BCUT2D eigenvalue weighted by atomic mass is 10.2. The van der Waals surface area contributed by atoms with Gasteiger partial charge in [-0.05, 0) is 19.1 Å². The van der Waals surface area contributed by atoms with Crippen LogP contribution in [0.3, 0.4) is 0 Å². The molecule has 102 valence electrons. The lowest BCUT2D eigenvalue weighted by Crippen LogP contribution is -2.48. The van der Waals surface area contributed by atoms with Crippen molar-refractivity contribution in [2.24, 2.45) is 0 Å². The Morgan fingerprint density at radius 1 is 1.11 bits per heavy atom. The lowest BCUT2D eigenvalue weighted by molar-refractivity contribution is -0.118. The summed E-state index contributed by atoms with van der Waals surface area (Å²) in [6.07, 6.45) is 0. The number of hydrogen-bond acceptors (Lipinski definition) is 6. The molecule has 0 radical (unpaired) electrons. The van der Waals surface area contributed by atoms with E-state index in [4.69, 9.17) is 0 Å². The van der Waals surface area contributed by atoms with Crippen LogP contribution in [0.4, 0.5) is 5.82 Å². The van der Waals surface area contributed by atoms with Crippen LogP contribution in [-0.2, 0) is 4.79 Å². The minimum atomic E-state index is -0.0784. The van der Waals surface area contributed by atoms with E-state index < -0.39 is 0 Å². The van der Waals surface area contributed by atoms with E-state index in [2.05, 4.69) is 20.0 Å². The van der Waals surface area contributed by atoms with Crippen molar-refractivity contribution in [2.45, 2.75) is 13.8 Å². The molecule has 1 aromatic heterocycles. The van der Waals surface area contributed by atoms with E-state index in [0.29, 0.717) is 12.2 Å². The Morgan fingerprint density at radius 3 is 2.26 bits per heavy atom. The minimum absolute atomic E-state index is 0.0784. The second kappa shape index (κ2) is 5.88. The molecule has 19 heavy (non-hydrogen) atoms. The van der Waals surface area contributed by atoms with Crippen LogP contribution in [0.15, 0.2) is 12.1 Å². The van der Waals surface area contributed by atoms with Gasteiger partial charge >= 0.3 is 0 Å². The van der Waals surface area contributed by atoms with Gasteiger partial charge in [0.05, 0.1) is 6.54 Å². The highest BCUT2D eigenvalue weighted by Gasteiger charge is 2.19. The number of ketones is 2. The van der Waals surface area contributed by atoms with Gasteiger partial charge in [-0.2, -0.15) is 0 Å². The summed E-state index contributed by atoms with van der Waals surface area (Å²) in [5.74, 6) is 0.900. The summed E-state index contributed by atoms with van der Waals surface area (Å²) in [5, 5.41) is 7.99. The van der Waals surface area contributed by atoms with Crippen molar-refractivity contribution in [2.75, 3.05) is 37.6 Å². The van der Waals surface area contributed by atoms with Gasteiger partial charge in [0.2, 0.25) is 0 Å². The molecular formula is C13H18N4O2. The van der Waals surface area contributed by atoms with Crippen LogP contribution in [0.5, 0.6) is 0 Å². The standard InChI is InChI=1S/C13H18N4O2/c1-10(18)9-16-5-7-17(8-6-16)13-4-3-12(11(2)19)14-15-13/h3-4H,5-9H2,1-2H3. The Balaban J connectivity index is 1.94. The van der Waals surface area contributed by atoms with Crippen molar-refractivity contribution < 1.29 is 9.59 Å². The average Bonchev–Trinajstić information content (AvgIpc) is 2.39. The summed E-state index contributed by atoms with van der Waals surface area (Å²) < 4.78 is 0. The fourth-order valence-corrected chi connectivity index (χ4v) is 2.13. The van der Waals surface area contributed by atoms with Crippen molar-refractivity contribution in [1.29, 1.82) is 0 Å². The third-order valence-corrected chi connectivity index (χ3v) is 3.15. The number of rotatable bonds is 4. The summed E-state index contributed by atoms with van der Waals surface area (Å²) in [4.78, 5) is 26.4. The molecule has 0 spiro atoms. The molecule has 1 aliphatic rings. The summed E-state index contributed by atoms with van der Waals surface area (Å²) in [6.45, 7) is 6.93. The second-order valence-electron chi connectivity index (χ2n) is 4.80. The lowest BCUT2D eigenvalue weighted by Gasteiger charge is -2.34. The predicted molar refractivity (Wildman–Crippen MR) is 71.4 cm³/mol. The number of piperazine rings is 1. The highest BCUT2D eigenvalue weighted by Crippen LogP contribution is 2.12. The van der Waals surface area contributed by atoms with Crippen LogP contribution in [0.1, 0.15) is 24.3 Å². The highest BCUT2D eigenvalue weighted by atomic mass is 16.1. The fourth-order valence-electron chi connectivity index (χ4n) is 2.13. The first-order chi connectivity index (χ1) is 9.06. The Labute approximate surface area is 112 Å². The molecule has 6 nitrogen and oxygen atoms in total. The minimum Gasteiger partial charge on any atom is -0.353 e. The van der Waals surface area contributed by atoms with E-state index >= 15 is 0 Å². The predicted octanol–water partition coefficient (Wildman–Crippen LogP) is 0.390. The number of carbonyl (C=O) groups is 2. The Kier molecular flexibility index (Phi) is 4.21. The third kappa shape index (κ3) is 3.57. The number of anilines is 1. The molecule has 0 N–H and O–H groups in total. The Morgan fingerprint density at radius 2 is 1.79 bits per heavy atom. The number of aromatic nitrogens is 2. The molecule has 2 rings (SSSR count). The molecule has 0 aromatic carbocycles. The third-order valence-electron chi connectivity index (χ3n) is 3.15. The zero-order chi connectivity index (χ0) is 13.8. The number of nitrogens with zero attached hydrogens (tertiary/aromatic N) is 4. The van der Waals surface area contributed by atoms with Crippen molar-refractivity contribution in [3.63, 3.8) is 0 Å².